The molecule has 19 heavy (non-hydrogen) atoms. The molecule has 102 valence electrons. The first-order valence-electron chi connectivity index (χ1n) is 6.13. The molecule has 0 aliphatic heterocycles. The molecule has 6 heteroatoms. The molecule has 0 saturated carbocycles. The number of hydrogen-bond acceptors (Lipinski definition) is 5. The maximum Gasteiger partial charge on any atom is 0.243 e. The van der Waals surface area contributed by atoms with Crippen LogP contribution in [-0.4, -0.2) is 16.7 Å². The Morgan fingerprint density at radius 1 is 1.47 bits per heavy atom. The van der Waals surface area contributed by atoms with Gasteiger partial charge >= 0.3 is 0 Å². The monoisotopic (exact) mass is 297 g/mol. The first kappa shape index (κ1) is 14.4. The van der Waals surface area contributed by atoms with Crippen LogP contribution in [0, 0.1) is 0 Å². The average Bonchev–Trinajstić information content (AvgIpc) is 2.86. The van der Waals surface area contributed by atoms with Crippen LogP contribution >= 0.6 is 23.4 Å². The fourth-order valence-electron chi connectivity index (χ4n) is 1.60. The van der Waals surface area contributed by atoms with Crippen LogP contribution in [0.25, 0.3) is 0 Å². The van der Waals surface area contributed by atoms with E-state index in [0.29, 0.717) is 17.5 Å². The van der Waals surface area contributed by atoms with Crippen molar-refractivity contribution in [3.05, 3.63) is 41.0 Å². The topological polar surface area (TPSA) is 51.0 Å². The highest BCUT2D eigenvalue weighted by molar-refractivity contribution is 7.98. The van der Waals surface area contributed by atoms with Crippen LogP contribution < -0.4 is 5.32 Å². The molecule has 0 aliphatic carbocycles. The molecule has 0 aliphatic rings. The van der Waals surface area contributed by atoms with Crippen molar-refractivity contribution in [1.29, 1.82) is 0 Å². The second kappa shape index (κ2) is 6.93. The molecule has 0 amide bonds. The van der Waals surface area contributed by atoms with Crippen molar-refractivity contribution in [2.75, 3.05) is 6.54 Å². The Balaban J connectivity index is 1.93. The molecule has 2 aromatic rings. The number of halogens is 1. The first-order valence-corrected chi connectivity index (χ1v) is 7.49. The van der Waals surface area contributed by atoms with Crippen LogP contribution in [0.2, 0.25) is 5.02 Å². The van der Waals surface area contributed by atoms with E-state index in [0.717, 1.165) is 16.5 Å². The summed E-state index contributed by atoms with van der Waals surface area (Å²) in [5.41, 5.74) is 0. The summed E-state index contributed by atoms with van der Waals surface area (Å²) in [6.07, 6.45) is 0. The molecular weight excluding hydrogens is 282 g/mol. The number of aromatic nitrogens is 2. The molecule has 1 atom stereocenters. The second-order valence-corrected chi connectivity index (χ2v) is 5.56. The smallest absolute Gasteiger partial charge is 0.243 e. The van der Waals surface area contributed by atoms with E-state index in [-0.39, 0.29) is 6.04 Å². The van der Waals surface area contributed by atoms with Crippen molar-refractivity contribution >= 4 is 23.4 Å². The lowest BCUT2D eigenvalue weighted by Gasteiger charge is -2.05. The third-order valence-electron chi connectivity index (χ3n) is 2.53. The van der Waals surface area contributed by atoms with Crippen molar-refractivity contribution in [1.82, 2.24) is 15.5 Å². The average molecular weight is 298 g/mol. The van der Waals surface area contributed by atoms with Crippen molar-refractivity contribution in [2.45, 2.75) is 30.5 Å². The summed E-state index contributed by atoms with van der Waals surface area (Å²) in [5.74, 6) is 2.00. The van der Waals surface area contributed by atoms with E-state index < -0.39 is 0 Å². The summed E-state index contributed by atoms with van der Waals surface area (Å²) < 4.78 is 5.23. The Hall–Kier alpha value is -1.04. The fourth-order valence-corrected chi connectivity index (χ4v) is 2.65. The van der Waals surface area contributed by atoms with Crippen LogP contribution in [0.4, 0.5) is 0 Å². The highest BCUT2D eigenvalue weighted by Gasteiger charge is 2.13. The number of nitrogens with zero attached hydrogens (tertiary/aromatic N) is 2. The Morgan fingerprint density at radius 2 is 2.32 bits per heavy atom. The molecule has 1 heterocycles. The number of rotatable bonds is 6. The predicted molar refractivity (Wildman–Crippen MR) is 77.4 cm³/mol. The standard InChI is InChI=1S/C13H16ClN3OS/c1-3-15-9(2)13-16-12(17-18-13)8-19-11-6-4-5-10(14)7-11/h4-7,9,15H,3,8H2,1-2H3. The molecule has 0 fully saturated rings. The first-order chi connectivity index (χ1) is 9.19. The molecule has 1 aromatic heterocycles. The Kier molecular flexibility index (Phi) is 5.24. The van der Waals surface area contributed by atoms with Crippen LogP contribution in [0.5, 0.6) is 0 Å². The van der Waals surface area contributed by atoms with Gasteiger partial charge in [0.05, 0.1) is 11.8 Å². The fraction of sp³-hybridized carbons (Fsp3) is 0.385. The SMILES string of the molecule is CCNC(C)c1nc(CSc2cccc(Cl)c2)no1. The zero-order valence-corrected chi connectivity index (χ0v) is 12.5. The normalized spacial score (nSPS) is 12.6. The molecule has 1 unspecified atom stereocenters. The summed E-state index contributed by atoms with van der Waals surface area (Å²) >= 11 is 7.57. The van der Waals surface area contributed by atoms with Crippen LogP contribution in [-0.2, 0) is 5.75 Å². The molecule has 0 saturated heterocycles. The van der Waals surface area contributed by atoms with E-state index in [1.165, 1.54) is 0 Å². The van der Waals surface area contributed by atoms with Gasteiger partial charge in [0, 0.05) is 9.92 Å². The Bertz CT molecular complexity index is 532. The van der Waals surface area contributed by atoms with Gasteiger partial charge in [-0.15, -0.1) is 11.8 Å². The van der Waals surface area contributed by atoms with Gasteiger partial charge in [-0.3, -0.25) is 0 Å². The van der Waals surface area contributed by atoms with Crippen LogP contribution in [0.3, 0.4) is 0 Å². The highest BCUT2D eigenvalue weighted by atomic mass is 35.5. The molecule has 0 spiro atoms. The lowest BCUT2D eigenvalue weighted by molar-refractivity contribution is 0.339. The van der Waals surface area contributed by atoms with Gasteiger partial charge in [-0.25, -0.2) is 0 Å². The summed E-state index contributed by atoms with van der Waals surface area (Å²) in [6, 6.07) is 7.81. The molecule has 0 bridgehead atoms. The van der Waals surface area contributed by atoms with Crippen molar-refractivity contribution in [3.63, 3.8) is 0 Å². The minimum atomic E-state index is 0.0856. The van der Waals surface area contributed by atoms with Gasteiger partial charge in [-0.2, -0.15) is 4.98 Å². The van der Waals surface area contributed by atoms with E-state index >= 15 is 0 Å². The Morgan fingerprint density at radius 3 is 3.05 bits per heavy atom. The van der Waals surface area contributed by atoms with Gasteiger partial charge in [0.15, 0.2) is 5.82 Å². The molecule has 4 nitrogen and oxygen atoms in total. The Labute approximate surface area is 121 Å². The van der Waals surface area contributed by atoms with Crippen molar-refractivity contribution in [3.8, 4) is 0 Å². The van der Waals surface area contributed by atoms with Gasteiger partial charge in [0.2, 0.25) is 5.89 Å². The van der Waals surface area contributed by atoms with E-state index in [4.69, 9.17) is 16.1 Å². The maximum absolute atomic E-state index is 5.94. The quantitative estimate of drug-likeness (QED) is 0.824. The van der Waals surface area contributed by atoms with Crippen molar-refractivity contribution < 1.29 is 4.52 Å². The highest BCUT2D eigenvalue weighted by Crippen LogP contribution is 2.24. The summed E-state index contributed by atoms with van der Waals surface area (Å²) in [5, 5.41) is 7.95. The second-order valence-electron chi connectivity index (χ2n) is 4.07. The largest absolute Gasteiger partial charge is 0.338 e. The predicted octanol–water partition coefficient (Wildman–Crippen LogP) is 3.69. The van der Waals surface area contributed by atoms with Crippen molar-refractivity contribution in [2.24, 2.45) is 0 Å². The van der Waals surface area contributed by atoms with Crippen LogP contribution in [0.15, 0.2) is 33.7 Å². The molecule has 0 radical (unpaired) electrons. The molecule has 1 aromatic carbocycles. The lowest BCUT2D eigenvalue weighted by Crippen LogP contribution is -2.17. The zero-order valence-electron chi connectivity index (χ0n) is 10.9. The van der Waals surface area contributed by atoms with Crippen LogP contribution in [0.1, 0.15) is 31.6 Å². The molecular formula is C13H16ClN3OS. The third-order valence-corrected chi connectivity index (χ3v) is 3.75. The lowest BCUT2D eigenvalue weighted by atomic mass is 10.3. The van der Waals surface area contributed by atoms with E-state index in [1.807, 2.05) is 38.1 Å². The molecule has 1 N–H and O–H groups in total. The summed E-state index contributed by atoms with van der Waals surface area (Å²) in [6.45, 7) is 4.92. The van der Waals surface area contributed by atoms with E-state index in [2.05, 4.69) is 15.5 Å². The summed E-state index contributed by atoms with van der Waals surface area (Å²) in [4.78, 5) is 5.47. The van der Waals surface area contributed by atoms with E-state index in [1.54, 1.807) is 11.8 Å². The molecule has 2 rings (SSSR count). The zero-order chi connectivity index (χ0) is 13.7. The van der Waals surface area contributed by atoms with E-state index in [9.17, 15) is 0 Å². The van der Waals surface area contributed by atoms with Gasteiger partial charge < -0.3 is 9.84 Å². The number of nitrogens with one attached hydrogen (secondary N) is 1. The minimum Gasteiger partial charge on any atom is -0.338 e. The van der Waals surface area contributed by atoms with Gasteiger partial charge in [0.1, 0.15) is 0 Å². The number of hydrogen-bond donors (Lipinski definition) is 1. The van der Waals surface area contributed by atoms with Gasteiger partial charge in [-0.1, -0.05) is 29.7 Å². The number of benzene rings is 1. The van der Waals surface area contributed by atoms with Gasteiger partial charge in [0.25, 0.3) is 0 Å². The third kappa shape index (κ3) is 4.23. The summed E-state index contributed by atoms with van der Waals surface area (Å²) in [7, 11) is 0. The van der Waals surface area contributed by atoms with Gasteiger partial charge in [-0.05, 0) is 31.7 Å². The maximum atomic E-state index is 5.94. The number of thioether (sulfide) groups is 1. The minimum absolute atomic E-state index is 0.0856.